The molecule has 0 radical (unpaired) electrons. The molecular formula is C21H23F3N4O2S. The van der Waals surface area contributed by atoms with E-state index in [4.69, 9.17) is 5.73 Å². The van der Waals surface area contributed by atoms with Gasteiger partial charge in [-0.05, 0) is 62.4 Å². The summed E-state index contributed by atoms with van der Waals surface area (Å²) in [5.74, 6) is 0.468. The van der Waals surface area contributed by atoms with Gasteiger partial charge < -0.3 is 21.3 Å². The highest BCUT2D eigenvalue weighted by Crippen LogP contribution is 2.43. The van der Waals surface area contributed by atoms with E-state index < -0.39 is 29.5 Å². The quantitative estimate of drug-likeness (QED) is 0.432. The van der Waals surface area contributed by atoms with Crippen LogP contribution in [-0.2, 0) is 11.8 Å². The van der Waals surface area contributed by atoms with Crippen molar-refractivity contribution in [1.29, 1.82) is 0 Å². The molecule has 166 valence electrons. The van der Waals surface area contributed by atoms with Crippen LogP contribution in [-0.4, -0.2) is 26.3 Å². The summed E-state index contributed by atoms with van der Waals surface area (Å²) in [6.45, 7) is 1.73. The van der Waals surface area contributed by atoms with Crippen molar-refractivity contribution >= 4 is 33.1 Å². The van der Waals surface area contributed by atoms with Crippen molar-refractivity contribution in [2.75, 3.05) is 11.1 Å². The number of benzene rings is 1. The van der Waals surface area contributed by atoms with Crippen molar-refractivity contribution in [2.45, 2.75) is 56.5 Å². The molecule has 2 heterocycles. The number of anilines is 2. The third kappa shape index (κ3) is 4.46. The Hall–Kier alpha value is -2.43. The molecule has 31 heavy (non-hydrogen) atoms. The second-order valence-electron chi connectivity index (χ2n) is 8.07. The zero-order valence-corrected chi connectivity index (χ0v) is 17.6. The molecule has 1 saturated carbocycles. The van der Waals surface area contributed by atoms with Gasteiger partial charge in [-0.2, -0.15) is 13.2 Å². The van der Waals surface area contributed by atoms with Crippen LogP contribution in [0.5, 0.6) is 0 Å². The number of hydrogen-bond acceptors (Lipinski definition) is 7. The predicted molar refractivity (Wildman–Crippen MR) is 114 cm³/mol. The maximum Gasteiger partial charge on any atom is 0.416 e. The van der Waals surface area contributed by atoms with E-state index in [0.717, 1.165) is 17.0 Å². The number of halogens is 3. The Morgan fingerprint density at radius 3 is 2.58 bits per heavy atom. The van der Waals surface area contributed by atoms with Crippen LogP contribution in [0.1, 0.15) is 54.7 Å². The van der Waals surface area contributed by atoms with Gasteiger partial charge in [0.15, 0.2) is 0 Å². The van der Waals surface area contributed by atoms with Crippen LogP contribution >= 0.6 is 11.3 Å². The van der Waals surface area contributed by atoms with Crippen molar-refractivity contribution < 1.29 is 23.4 Å². The second kappa shape index (κ2) is 7.92. The molecule has 0 aliphatic heterocycles. The molecule has 10 heteroatoms. The summed E-state index contributed by atoms with van der Waals surface area (Å²) < 4.78 is 39.5. The van der Waals surface area contributed by atoms with Crippen molar-refractivity contribution in [3.8, 4) is 0 Å². The first-order valence-corrected chi connectivity index (χ1v) is 10.8. The van der Waals surface area contributed by atoms with E-state index in [9.17, 15) is 23.4 Å². The molecule has 0 amide bonds. The van der Waals surface area contributed by atoms with Crippen LogP contribution in [0.15, 0.2) is 30.6 Å². The van der Waals surface area contributed by atoms with Gasteiger partial charge >= 0.3 is 6.18 Å². The van der Waals surface area contributed by atoms with Gasteiger partial charge in [-0.15, -0.1) is 11.3 Å². The van der Waals surface area contributed by atoms with Gasteiger partial charge in [-0.3, -0.25) is 0 Å². The topological polar surface area (TPSA) is 104 Å². The van der Waals surface area contributed by atoms with E-state index >= 15 is 0 Å². The normalized spacial score (nSPS) is 23.1. The summed E-state index contributed by atoms with van der Waals surface area (Å²) in [6, 6.07) is 4.81. The van der Waals surface area contributed by atoms with Gasteiger partial charge in [-0.1, -0.05) is 0 Å². The summed E-state index contributed by atoms with van der Waals surface area (Å²) in [7, 11) is 0. The van der Waals surface area contributed by atoms with E-state index in [2.05, 4.69) is 15.3 Å². The Kier molecular flexibility index (Phi) is 5.57. The lowest BCUT2D eigenvalue weighted by atomic mass is 9.82. The second-order valence-corrected chi connectivity index (χ2v) is 9.10. The number of fused-ring (bicyclic) bond motifs is 1. The molecule has 1 aromatic carbocycles. The highest BCUT2D eigenvalue weighted by Gasteiger charge is 2.36. The standard InChI is InChI=1S/C21H23F3N4O2S/c1-11(12-6-13(21(22,23)24)8-14(25)7-12)28-18-16-9-17(31-19(16)27-10-26-18)20(30)4-2-15(29)3-5-20/h6-11,15,29-30H,2-5,25H2,1H3,(H,26,27,28). The summed E-state index contributed by atoms with van der Waals surface area (Å²) in [5, 5.41) is 24.7. The molecule has 3 aromatic rings. The number of nitrogens with zero attached hydrogens (tertiary/aromatic N) is 2. The maximum atomic E-state index is 13.2. The zero-order valence-electron chi connectivity index (χ0n) is 16.8. The lowest BCUT2D eigenvalue weighted by Crippen LogP contribution is -2.32. The fourth-order valence-electron chi connectivity index (χ4n) is 3.91. The van der Waals surface area contributed by atoms with E-state index in [1.54, 1.807) is 6.92 Å². The molecule has 6 nitrogen and oxygen atoms in total. The molecule has 2 aromatic heterocycles. The van der Waals surface area contributed by atoms with Crippen LogP contribution in [0.3, 0.4) is 0 Å². The lowest BCUT2D eigenvalue weighted by Gasteiger charge is -2.33. The molecular weight excluding hydrogens is 429 g/mol. The monoisotopic (exact) mass is 452 g/mol. The molecule has 0 saturated heterocycles. The third-order valence-corrected chi connectivity index (χ3v) is 6.96. The Bertz CT molecular complexity index is 1090. The van der Waals surface area contributed by atoms with Crippen molar-refractivity contribution in [3.05, 3.63) is 46.6 Å². The molecule has 5 N–H and O–H groups in total. The smallest absolute Gasteiger partial charge is 0.399 e. The van der Waals surface area contributed by atoms with Crippen LogP contribution in [0.2, 0.25) is 0 Å². The molecule has 4 rings (SSSR count). The largest absolute Gasteiger partial charge is 0.416 e. The predicted octanol–water partition coefficient (Wildman–Crippen LogP) is 4.59. The van der Waals surface area contributed by atoms with Crippen molar-refractivity contribution in [1.82, 2.24) is 9.97 Å². The fourth-order valence-corrected chi connectivity index (χ4v) is 5.05. The number of rotatable bonds is 4. The van der Waals surface area contributed by atoms with Crippen molar-refractivity contribution in [3.63, 3.8) is 0 Å². The first kappa shape index (κ1) is 21.8. The number of aliphatic hydroxyl groups excluding tert-OH is 1. The first-order chi connectivity index (χ1) is 14.5. The molecule has 1 unspecified atom stereocenters. The number of alkyl halides is 3. The minimum absolute atomic E-state index is 0.0332. The van der Waals surface area contributed by atoms with E-state index in [-0.39, 0.29) is 5.69 Å². The lowest BCUT2D eigenvalue weighted by molar-refractivity contribution is -0.137. The number of aromatic nitrogens is 2. The van der Waals surface area contributed by atoms with E-state index in [0.29, 0.717) is 47.3 Å². The van der Waals surface area contributed by atoms with E-state index in [1.807, 2.05) is 6.07 Å². The molecule has 0 bridgehead atoms. The zero-order chi connectivity index (χ0) is 22.4. The van der Waals surface area contributed by atoms with Gasteiger partial charge in [0.2, 0.25) is 0 Å². The first-order valence-electron chi connectivity index (χ1n) is 9.95. The van der Waals surface area contributed by atoms with Crippen LogP contribution < -0.4 is 11.1 Å². The maximum absolute atomic E-state index is 13.2. The number of nitrogen functional groups attached to an aromatic ring is 1. The SMILES string of the molecule is CC(Nc1ncnc2sc(C3(O)CCC(O)CC3)cc12)c1cc(N)cc(C(F)(F)F)c1. The highest BCUT2D eigenvalue weighted by molar-refractivity contribution is 7.18. The number of hydrogen-bond donors (Lipinski definition) is 4. The highest BCUT2D eigenvalue weighted by atomic mass is 32.1. The number of thiophene rings is 1. The molecule has 1 aliphatic rings. The summed E-state index contributed by atoms with van der Waals surface area (Å²) in [5.41, 5.74) is 4.28. The van der Waals surface area contributed by atoms with Crippen LogP contribution in [0, 0.1) is 0 Å². The average Bonchev–Trinajstić information content (AvgIpc) is 3.15. The average molecular weight is 453 g/mol. The number of nitrogens with two attached hydrogens (primary N) is 1. The minimum Gasteiger partial charge on any atom is -0.399 e. The van der Waals surface area contributed by atoms with Gasteiger partial charge in [0.25, 0.3) is 0 Å². The number of aliphatic hydroxyl groups is 2. The van der Waals surface area contributed by atoms with Crippen molar-refractivity contribution in [2.24, 2.45) is 0 Å². The Morgan fingerprint density at radius 1 is 1.19 bits per heavy atom. The van der Waals surface area contributed by atoms with Crippen LogP contribution in [0.4, 0.5) is 24.7 Å². The van der Waals surface area contributed by atoms with E-state index in [1.165, 1.54) is 23.7 Å². The Balaban J connectivity index is 1.64. The fraction of sp³-hybridized carbons (Fsp3) is 0.429. The minimum atomic E-state index is -4.49. The van der Waals surface area contributed by atoms with Gasteiger partial charge in [0.05, 0.1) is 28.7 Å². The molecule has 1 atom stereocenters. The molecule has 1 aliphatic carbocycles. The summed E-state index contributed by atoms with van der Waals surface area (Å²) in [4.78, 5) is 9.96. The summed E-state index contributed by atoms with van der Waals surface area (Å²) >= 11 is 1.36. The molecule has 1 fully saturated rings. The third-order valence-electron chi connectivity index (χ3n) is 5.73. The molecule has 0 spiro atoms. The van der Waals surface area contributed by atoms with Gasteiger partial charge in [-0.25, -0.2) is 9.97 Å². The van der Waals surface area contributed by atoms with Crippen LogP contribution in [0.25, 0.3) is 10.2 Å². The summed E-state index contributed by atoms with van der Waals surface area (Å²) in [6.07, 6.45) is -1.55. The van der Waals surface area contributed by atoms with Gasteiger partial charge in [0, 0.05) is 10.6 Å². The Labute approximate surface area is 181 Å². The number of nitrogens with one attached hydrogen (secondary N) is 1. The Morgan fingerprint density at radius 2 is 1.90 bits per heavy atom. The van der Waals surface area contributed by atoms with Gasteiger partial charge in [0.1, 0.15) is 17.0 Å².